The number of benzene rings is 2. The lowest BCUT2D eigenvalue weighted by Crippen LogP contribution is -1.90. The average molecular weight is 236 g/mol. The first-order chi connectivity index (χ1) is 8.81. The largest absolute Gasteiger partial charge is 0.456 e. The van der Waals surface area contributed by atoms with Crippen LogP contribution in [0.5, 0.6) is 11.5 Å². The minimum atomic E-state index is 0.487. The summed E-state index contributed by atoms with van der Waals surface area (Å²) >= 11 is 0. The number of pyridine rings is 1. The number of ether oxygens (including phenoxy) is 1. The summed E-state index contributed by atoms with van der Waals surface area (Å²) in [6, 6.07) is 17.7. The van der Waals surface area contributed by atoms with Crippen molar-refractivity contribution in [3.05, 3.63) is 60.8 Å². The molecule has 0 unspecified atom stereocenters. The molecule has 0 fully saturated rings. The van der Waals surface area contributed by atoms with Crippen LogP contribution in [0.1, 0.15) is 0 Å². The molecular formula is C15H12N2O. The van der Waals surface area contributed by atoms with E-state index >= 15 is 0 Å². The van der Waals surface area contributed by atoms with E-state index in [0.29, 0.717) is 11.6 Å². The van der Waals surface area contributed by atoms with Gasteiger partial charge >= 0.3 is 0 Å². The van der Waals surface area contributed by atoms with E-state index in [1.54, 1.807) is 18.3 Å². The van der Waals surface area contributed by atoms with Crippen molar-refractivity contribution in [2.24, 2.45) is 0 Å². The summed E-state index contributed by atoms with van der Waals surface area (Å²) in [5.74, 6) is 1.96. The fraction of sp³-hybridized carbons (Fsp3) is 0. The summed E-state index contributed by atoms with van der Waals surface area (Å²) in [7, 11) is 0. The number of rotatable bonds is 2. The van der Waals surface area contributed by atoms with Crippen molar-refractivity contribution in [1.82, 2.24) is 4.98 Å². The van der Waals surface area contributed by atoms with E-state index in [-0.39, 0.29) is 0 Å². The molecule has 88 valence electrons. The second kappa shape index (κ2) is 4.37. The van der Waals surface area contributed by atoms with E-state index in [0.717, 1.165) is 11.1 Å². The molecule has 18 heavy (non-hydrogen) atoms. The van der Waals surface area contributed by atoms with Crippen LogP contribution in [-0.2, 0) is 0 Å². The molecule has 0 aliphatic rings. The normalized spacial score (nSPS) is 10.4. The molecule has 3 rings (SSSR count). The Labute approximate surface area is 105 Å². The first-order valence-electron chi connectivity index (χ1n) is 5.69. The van der Waals surface area contributed by atoms with Gasteiger partial charge in [0.1, 0.15) is 17.3 Å². The van der Waals surface area contributed by atoms with Crippen LogP contribution < -0.4 is 10.5 Å². The summed E-state index contributed by atoms with van der Waals surface area (Å²) in [6.45, 7) is 0. The van der Waals surface area contributed by atoms with Crippen molar-refractivity contribution in [2.75, 3.05) is 5.73 Å². The summed E-state index contributed by atoms with van der Waals surface area (Å²) in [5.41, 5.74) is 5.53. The van der Waals surface area contributed by atoms with Crippen molar-refractivity contribution in [1.29, 1.82) is 0 Å². The third kappa shape index (κ3) is 2.11. The van der Waals surface area contributed by atoms with Gasteiger partial charge in [0, 0.05) is 0 Å². The van der Waals surface area contributed by atoms with Gasteiger partial charge in [-0.15, -0.1) is 0 Å². The third-order valence-corrected chi connectivity index (χ3v) is 2.72. The van der Waals surface area contributed by atoms with Crippen LogP contribution in [0.25, 0.3) is 10.8 Å². The maximum Gasteiger partial charge on any atom is 0.145 e. The molecule has 3 aromatic rings. The Bertz CT molecular complexity index is 677. The van der Waals surface area contributed by atoms with E-state index in [4.69, 9.17) is 10.5 Å². The average Bonchev–Trinajstić information content (AvgIpc) is 2.41. The maximum absolute atomic E-state index is 5.72. The molecule has 0 radical (unpaired) electrons. The topological polar surface area (TPSA) is 48.1 Å². The molecule has 0 bridgehead atoms. The first-order valence-corrected chi connectivity index (χ1v) is 5.69. The van der Waals surface area contributed by atoms with Crippen LogP contribution in [0.4, 0.5) is 5.82 Å². The van der Waals surface area contributed by atoms with Gasteiger partial charge in [0.15, 0.2) is 0 Å². The fourth-order valence-corrected chi connectivity index (χ4v) is 1.82. The van der Waals surface area contributed by atoms with Gasteiger partial charge in [0.2, 0.25) is 0 Å². The molecule has 2 aromatic carbocycles. The highest BCUT2D eigenvalue weighted by Crippen LogP contribution is 2.25. The van der Waals surface area contributed by atoms with E-state index in [2.05, 4.69) is 17.1 Å². The molecule has 3 nitrogen and oxygen atoms in total. The number of hydrogen-bond donors (Lipinski definition) is 1. The molecule has 0 aliphatic carbocycles. The molecule has 0 spiro atoms. The molecule has 0 saturated carbocycles. The zero-order valence-electron chi connectivity index (χ0n) is 9.71. The molecule has 0 amide bonds. The van der Waals surface area contributed by atoms with Gasteiger partial charge in [-0.1, -0.05) is 30.3 Å². The minimum Gasteiger partial charge on any atom is -0.456 e. The highest BCUT2D eigenvalue weighted by atomic mass is 16.5. The Balaban J connectivity index is 1.92. The molecule has 1 heterocycles. The Hall–Kier alpha value is -2.55. The number of hydrogen-bond acceptors (Lipinski definition) is 3. The Morgan fingerprint density at radius 2 is 1.61 bits per heavy atom. The van der Waals surface area contributed by atoms with Gasteiger partial charge in [0.05, 0.1) is 6.20 Å². The number of nitrogen functional groups attached to an aromatic ring is 1. The lowest BCUT2D eigenvalue weighted by Gasteiger charge is -2.06. The van der Waals surface area contributed by atoms with Crippen molar-refractivity contribution in [3.63, 3.8) is 0 Å². The first kappa shape index (κ1) is 10.6. The third-order valence-electron chi connectivity index (χ3n) is 2.72. The van der Waals surface area contributed by atoms with Gasteiger partial charge in [-0.25, -0.2) is 4.98 Å². The SMILES string of the molecule is Nc1ccc(Oc2ccc3ccccc3c2)cn1. The van der Waals surface area contributed by atoms with Gasteiger partial charge < -0.3 is 10.5 Å². The van der Waals surface area contributed by atoms with Crippen molar-refractivity contribution in [2.45, 2.75) is 0 Å². The predicted molar refractivity (Wildman–Crippen MR) is 72.7 cm³/mol. The second-order valence-corrected chi connectivity index (χ2v) is 4.03. The number of nitrogens with two attached hydrogens (primary N) is 1. The van der Waals surface area contributed by atoms with E-state index < -0.39 is 0 Å². The summed E-state index contributed by atoms with van der Waals surface area (Å²) in [5, 5.41) is 2.35. The molecule has 0 atom stereocenters. The summed E-state index contributed by atoms with van der Waals surface area (Å²) in [6.07, 6.45) is 1.62. The van der Waals surface area contributed by atoms with Crippen LogP contribution >= 0.6 is 0 Å². The van der Waals surface area contributed by atoms with Gasteiger partial charge in [-0.3, -0.25) is 0 Å². The van der Waals surface area contributed by atoms with Crippen LogP contribution in [0.15, 0.2) is 60.8 Å². The zero-order chi connectivity index (χ0) is 12.4. The van der Waals surface area contributed by atoms with Crippen molar-refractivity contribution >= 4 is 16.6 Å². The van der Waals surface area contributed by atoms with Gasteiger partial charge in [-0.05, 0) is 35.0 Å². The summed E-state index contributed by atoms with van der Waals surface area (Å²) in [4.78, 5) is 3.99. The Morgan fingerprint density at radius 3 is 2.39 bits per heavy atom. The number of nitrogens with zero attached hydrogens (tertiary/aromatic N) is 1. The second-order valence-electron chi connectivity index (χ2n) is 4.03. The summed E-state index contributed by atoms with van der Waals surface area (Å²) < 4.78 is 5.72. The molecule has 0 aliphatic heterocycles. The van der Waals surface area contributed by atoms with Gasteiger partial charge in [-0.2, -0.15) is 0 Å². The predicted octanol–water partition coefficient (Wildman–Crippen LogP) is 3.61. The quantitative estimate of drug-likeness (QED) is 0.739. The number of aromatic nitrogens is 1. The molecule has 0 saturated heterocycles. The molecule has 2 N–H and O–H groups in total. The Morgan fingerprint density at radius 1 is 0.833 bits per heavy atom. The molecular weight excluding hydrogens is 224 g/mol. The monoisotopic (exact) mass is 236 g/mol. The fourth-order valence-electron chi connectivity index (χ4n) is 1.82. The van der Waals surface area contributed by atoms with E-state index in [9.17, 15) is 0 Å². The molecule has 3 heteroatoms. The Kier molecular flexibility index (Phi) is 2.57. The highest BCUT2D eigenvalue weighted by molar-refractivity contribution is 5.83. The van der Waals surface area contributed by atoms with Crippen LogP contribution in [-0.4, -0.2) is 4.98 Å². The highest BCUT2D eigenvalue weighted by Gasteiger charge is 1.99. The standard InChI is InChI=1S/C15H12N2O/c16-15-8-7-14(10-17-15)18-13-6-5-11-3-1-2-4-12(11)9-13/h1-10H,(H2,16,17). The van der Waals surface area contributed by atoms with Crippen molar-refractivity contribution < 1.29 is 4.74 Å². The van der Waals surface area contributed by atoms with E-state index in [1.807, 2.05) is 30.3 Å². The van der Waals surface area contributed by atoms with Gasteiger partial charge in [0.25, 0.3) is 0 Å². The minimum absolute atomic E-state index is 0.487. The molecule has 1 aromatic heterocycles. The van der Waals surface area contributed by atoms with Crippen LogP contribution in [0.2, 0.25) is 0 Å². The number of anilines is 1. The van der Waals surface area contributed by atoms with Crippen LogP contribution in [0, 0.1) is 0 Å². The zero-order valence-corrected chi connectivity index (χ0v) is 9.71. The maximum atomic E-state index is 5.72. The lowest BCUT2D eigenvalue weighted by molar-refractivity contribution is 0.481. The van der Waals surface area contributed by atoms with E-state index in [1.165, 1.54) is 5.39 Å². The smallest absolute Gasteiger partial charge is 0.145 e. The number of fused-ring (bicyclic) bond motifs is 1. The van der Waals surface area contributed by atoms with Crippen LogP contribution in [0.3, 0.4) is 0 Å². The lowest BCUT2D eigenvalue weighted by atomic mass is 10.1. The van der Waals surface area contributed by atoms with Crippen molar-refractivity contribution in [3.8, 4) is 11.5 Å².